The molecule has 3 aromatic carbocycles. The van der Waals surface area contributed by atoms with Gasteiger partial charge in [-0.05, 0) is 60.0 Å². The van der Waals surface area contributed by atoms with Gasteiger partial charge in [-0.25, -0.2) is 0 Å². The zero-order valence-corrected chi connectivity index (χ0v) is 16.3. The molecule has 1 atom stereocenters. The van der Waals surface area contributed by atoms with Gasteiger partial charge in [-0.1, -0.05) is 48.5 Å². The highest BCUT2D eigenvalue weighted by Crippen LogP contribution is 2.31. The molecule has 0 aromatic heterocycles. The van der Waals surface area contributed by atoms with Gasteiger partial charge in [-0.3, -0.25) is 9.69 Å². The summed E-state index contributed by atoms with van der Waals surface area (Å²) in [5, 5.41) is 8.91. The third-order valence-corrected chi connectivity index (χ3v) is 5.47. The van der Waals surface area contributed by atoms with Crippen LogP contribution in [0.25, 0.3) is 11.1 Å². The second kappa shape index (κ2) is 8.30. The zero-order valence-electron chi connectivity index (χ0n) is 16.3. The van der Waals surface area contributed by atoms with Crippen molar-refractivity contribution in [3.05, 3.63) is 89.5 Å². The maximum atomic E-state index is 12.6. The first-order chi connectivity index (χ1) is 14.1. The Morgan fingerprint density at radius 2 is 1.69 bits per heavy atom. The number of esters is 1. The lowest BCUT2D eigenvalue weighted by Gasteiger charge is -2.34. The summed E-state index contributed by atoms with van der Waals surface area (Å²) in [6.07, 6.45) is 1.33. The SMILES string of the molecule is CN1CCc2ccccc2C1CC(=O)Oc1ccc(-c2ccc(C#N)cc2)cc1. The highest BCUT2D eigenvalue weighted by atomic mass is 16.5. The lowest BCUT2D eigenvalue weighted by Crippen LogP contribution is -2.34. The Morgan fingerprint density at radius 3 is 2.38 bits per heavy atom. The van der Waals surface area contributed by atoms with Crippen LogP contribution in [0, 0.1) is 11.3 Å². The first-order valence-corrected chi connectivity index (χ1v) is 9.73. The number of carbonyl (C=O) groups is 1. The highest BCUT2D eigenvalue weighted by Gasteiger charge is 2.27. The van der Waals surface area contributed by atoms with E-state index in [1.54, 1.807) is 12.1 Å². The molecule has 4 heteroatoms. The van der Waals surface area contributed by atoms with Crippen LogP contribution in [0.4, 0.5) is 0 Å². The number of nitrogens with zero attached hydrogens (tertiary/aromatic N) is 2. The van der Waals surface area contributed by atoms with Crippen molar-refractivity contribution in [3.8, 4) is 22.9 Å². The average molecular weight is 382 g/mol. The van der Waals surface area contributed by atoms with E-state index in [9.17, 15) is 4.79 Å². The number of benzene rings is 3. The summed E-state index contributed by atoms with van der Waals surface area (Å²) in [4.78, 5) is 14.8. The number of likely N-dealkylation sites (N-methyl/N-ethyl adjacent to an activating group) is 1. The Labute approximate surface area is 171 Å². The largest absolute Gasteiger partial charge is 0.426 e. The predicted octanol–water partition coefficient (Wildman–Crippen LogP) is 4.75. The molecular formula is C25H22N2O2. The summed E-state index contributed by atoms with van der Waals surface area (Å²) in [5.41, 5.74) is 5.19. The summed E-state index contributed by atoms with van der Waals surface area (Å²) in [7, 11) is 2.06. The minimum atomic E-state index is -0.232. The van der Waals surface area contributed by atoms with Crippen LogP contribution in [-0.2, 0) is 11.2 Å². The molecule has 0 spiro atoms. The summed E-state index contributed by atoms with van der Waals surface area (Å²) >= 11 is 0. The molecule has 0 radical (unpaired) electrons. The minimum absolute atomic E-state index is 0.0466. The van der Waals surface area contributed by atoms with E-state index in [4.69, 9.17) is 10.00 Å². The number of hydrogen-bond donors (Lipinski definition) is 0. The standard InChI is InChI=1S/C25H22N2O2/c1-27-15-14-21-4-2-3-5-23(21)24(27)16-25(28)29-22-12-10-20(11-13-22)19-8-6-18(17-26)7-9-19/h2-13,24H,14-16H2,1H3. The van der Waals surface area contributed by atoms with Gasteiger partial charge in [0.05, 0.1) is 18.1 Å². The Bertz CT molecular complexity index is 1050. The van der Waals surface area contributed by atoms with Gasteiger partial charge < -0.3 is 4.74 Å². The van der Waals surface area contributed by atoms with Crippen LogP contribution >= 0.6 is 0 Å². The van der Waals surface area contributed by atoms with E-state index in [0.717, 1.165) is 24.1 Å². The molecule has 0 aliphatic carbocycles. The van der Waals surface area contributed by atoms with Crippen molar-refractivity contribution in [3.63, 3.8) is 0 Å². The quantitative estimate of drug-likeness (QED) is 0.483. The number of ether oxygens (including phenoxy) is 1. The number of rotatable bonds is 4. The number of carbonyl (C=O) groups excluding carboxylic acids is 1. The first kappa shape index (κ1) is 18.9. The predicted molar refractivity (Wildman–Crippen MR) is 112 cm³/mol. The van der Waals surface area contributed by atoms with Crippen LogP contribution in [0.1, 0.15) is 29.2 Å². The Hall–Kier alpha value is -3.42. The Morgan fingerprint density at radius 1 is 1.03 bits per heavy atom. The topological polar surface area (TPSA) is 53.3 Å². The molecule has 0 fully saturated rings. The molecule has 0 saturated carbocycles. The molecule has 1 heterocycles. The van der Waals surface area contributed by atoms with Gasteiger partial charge in [-0.2, -0.15) is 5.26 Å². The van der Waals surface area contributed by atoms with Crippen molar-refractivity contribution >= 4 is 5.97 Å². The highest BCUT2D eigenvalue weighted by molar-refractivity contribution is 5.74. The van der Waals surface area contributed by atoms with E-state index in [2.05, 4.69) is 36.2 Å². The lowest BCUT2D eigenvalue weighted by molar-refractivity contribution is -0.135. The fraction of sp³-hybridized carbons (Fsp3) is 0.200. The van der Waals surface area contributed by atoms with E-state index in [1.165, 1.54) is 11.1 Å². The number of fused-ring (bicyclic) bond motifs is 1. The van der Waals surface area contributed by atoms with E-state index in [1.807, 2.05) is 42.5 Å². The third kappa shape index (κ3) is 4.21. The minimum Gasteiger partial charge on any atom is -0.426 e. The molecule has 3 aromatic rings. The molecule has 1 unspecified atom stereocenters. The lowest BCUT2D eigenvalue weighted by atomic mass is 9.91. The van der Waals surface area contributed by atoms with Gasteiger partial charge in [0.2, 0.25) is 0 Å². The molecule has 29 heavy (non-hydrogen) atoms. The van der Waals surface area contributed by atoms with Gasteiger partial charge in [-0.15, -0.1) is 0 Å². The van der Waals surface area contributed by atoms with Crippen LogP contribution in [-0.4, -0.2) is 24.5 Å². The second-order valence-corrected chi connectivity index (χ2v) is 7.34. The smallest absolute Gasteiger partial charge is 0.313 e. The van der Waals surface area contributed by atoms with Crippen LogP contribution in [0.2, 0.25) is 0 Å². The van der Waals surface area contributed by atoms with Crippen molar-refractivity contribution < 1.29 is 9.53 Å². The van der Waals surface area contributed by atoms with E-state index >= 15 is 0 Å². The normalized spacial score (nSPS) is 15.9. The van der Waals surface area contributed by atoms with E-state index in [0.29, 0.717) is 17.7 Å². The fourth-order valence-corrected chi connectivity index (χ4v) is 3.83. The van der Waals surface area contributed by atoms with Crippen molar-refractivity contribution in [2.75, 3.05) is 13.6 Å². The summed E-state index contributed by atoms with van der Waals surface area (Å²) in [5.74, 6) is 0.309. The molecule has 0 saturated heterocycles. The number of nitriles is 1. The monoisotopic (exact) mass is 382 g/mol. The van der Waals surface area contributed by atoms with Crippen molar-refractivity contribution in [1.29, 1.82) is 5.26 Å². The Balaban J connectivity index is 1.43. The molecule has 4 nitrogen and oxygen atoms in total. The van der Waals surface area contributed by atoms with Crippen molar-refractivity contribution in [2.45, 2.75) is 18.9 Å². The van der Waals surface area contributed by atoms with Gasteiger partial charge in [0.15, 0.2) is 0 Å². The van der Waals surface area contributed by atoms with Gasteiger partial charge in [0, 0.05) is 12.6 Å². The molecule has 1 aliphatic heterocycles. The Kier molecular flexibility index (Phi) is 5.41. The molecule has 0 bridgehead atoms. The van der Waals surface area contributed by atoms with Crippen LogP contribution in [0.5, 0.6) is 5.75 Å². The molecular weight excluding hydrogens is 360 g/mol. The van der Waals surface area contributed by atoms with Gasteiger partial charge in [0.25, 0.3) is 0 Å². The summed E-state index contributed by atoms with van der Waals surface area (Å²) < 4.78 is 5.60. The van der Waals surface area contributed by atoms with Crippen LogP contribution in [0.3, 0.4) is 0 Å². The zero-order chi connectivity index (χ0) is 20.2. The van der Waals surface area contributed by atoms with Crippen molar-refractivity contribution in [1.82, 2.24) is 4.90 Å². The van der Waals surface area contributed by atoms with E-state index < -0.39 is 0 Å². The maximum Gasteiger partial charge on any atom is 0.313 e. The third-order valence-electron chi connectivity index (χ3n) is 5.47. The molecule has 144 valence electrons. The van der Waals surface area contributed by atoms with Crippen LogP contribution < -0.4 is 4.74 Å². The van der Waals surface area contributed by atoms with E-state index in [-0.39, 0.29) is 12.0 Å². The molecule has 4 rings (SSSR count). The summed E-state index contributed by atoms with van der Waals surface area (Å²) in [6, 6.07) is 25.4. The van der Waals surface area contributed by atoms with Gasteiger partial charge in [0.1, 0.15) is 5.75 Å². The first-order valence-electron chi connectivity index (χ1n) is 9.73. The molecule has 0 amide bonds. The van der Waals surface area contributed by atoms with Crippen LogP contribution in [0.15, 0.2) is 72.8 Å². The maximum absolute atomic E-state index is 12.6. The average Bonchev–Trinajstić information content (AvgIpc) is 2.76. The van der Waals surface area contributed by atoms with Crippen molar-refractivity contribution in [2.24, 2.45) is 0 Å². The number of hydrogen-bond acceptors (Lipinski definition) is 4. The molecule has 1 aliphatic rings. The second-order valence-electron chi connectivity index (χ2n) is 7.34. The molecule has 0 N–H and O–H groups in total. The summed E-state index contributed by atoms with van der Waals surface area (Å²) in [6.45, 7) is 0.939. The van der Waals surface area contributed by atoms with Gasteiger partial charge >= 0.3 is 5.97 Å². The fourth-order valence-electron chi connectivity index (χ4n) is 3.83.